The van der Waals surface area contributed by atoms with E-state index in [4.69, 9.17) is 0 Å². The van der Waals surface area contributed by atoms with E-state index in [0.717, 1.165) is 16.6 Å². The SMILES string of the molecule is O=C(C[C@H](c1ccc2ccccc2c1)c1c[nH]c2ccccc12)c1ccccc1. The molecule has 4 aromatic carbocycles. The number of hydrogen-bond acceptors (Lipinski definition) is 1. The number of para-hydroxylation sites is 1. The van der Waals surface area contributed by atoms with Gasteiger partial charge in [0, 0.05) is 35.0 Å². The Hall–Kier alpha value is -3.65. The number of ketones is 1. The van der Waals surface area contributed by atoms with Crippen molar-refractivity contribution in [3.05, 3.63) is 120 Å². The van der Waals surface area contributed by atoms with Gasteiger partial charge in [-0.1, -0.05) is 91.0 Å². The van der Waals surface area contributed by atoms with E-state index in [2.05, 4.69) is 71.8 Å². The third kappa shape index (κ3) is 3.34. The molecule has 0 unspecified atom stereocenters. The van der Waals surface area contributed by atoms with Crippen molar-refractivity contribution in [2.24, 2.45) is 0 Å². The van der Waals surface area contributed by atoms with Gasteiger partial charge < -0.3 is 4.98 Å². The number of hydrogen-bond donors (Lipinski definition) is 1. The molecule has 0 saturated carbocycles. The van der Waals surface area contributed by atoms with Gasteiger partial charge in [-0.3, -0.25) is 4.79 Å². The van der Waals surface area contributed by atoms with Crippen LogP contribution in [0.3, 0.4) is 0 Å². The van der Waals surface area contributed by atoms with Gasteiger partial charge in [0.2, 0.25) is 0 Å². The van der Waals surface area contributed by atoms with Crippen LogP contribution < -0.4 is 0 Å². The molecule has 0 bridgehead atoms. The normalized spacial score (nSPS) is 12.3. The van der Waals surface area contributed by atoms with Gasteiger partial charge in [-0.25, -0.2) is 0 Å². The molecule has 1 atom stereocenters. The molecular weight excluding hydrogens is 354 g/mol. The Balaban J connectivity index is 1.63. The lowest BCUT2D eigenvalue weighted by Gasteiger charge is -2.18. The number of aromatic nitrogens is 1. The van der Waals surface area contributed by atoms with Crippen LogP contribution >= 0.6 is 0 Å². The molecule has 0 aliphatic rings. The fraction of sp³-hybridized carbons (Fsp3) is 0.0741. The first-order valence-corrected chi connectivity index (χ1v) is 9.92. The fourth-order valence-corrected chi connectivity index (χ4v) is 4.14. The molecule has 5 rings (SSSR count). The molecule has 2 heteroatoms. The average Bonchev–Trinajstić information content (AvgIpc) is 3.21. The minimum absolute atomic E-state index is 0.0107. The molecule has 2 nitrogen and oxygen atoms in total. The van der Waals surface area contributed by atoms with Crippen LogP contribution in [0.4, 0.5) is 0 Å². The zero-order valence-corrected chi connectivity index (χ0v) is 16.0. The lowest BCUT2D eigenvalue weighted by atomic mass is 9.85. The van der Waals surface area contributed by atoms with Crippen LogP contribution in [-0.2, 0) is 0 Å². The summed E-state index contributed by atoms with van der Waals surface area (Å²) >= 11 is 0. The number of Topliss-reactive ketones (excluding diaryl/α,β-unsaturated/α-hetero) is 1. The lowest BCUT2D eigenvalue weighted by molar-refractivity contribution is 0.0978. The first kappa shape index (κ1) is 17.4. The Morgan fingerprint density at radius 1 is 0.759 bits per heavy atom. The van der Waals surface area contributed by atoms with Gasteiger partial charge in [0.25, 0.3) is 0 Å². The summed E-state index contributed by atoms with van der Waals surface area (Å²) in [6.07, 6.45) is 2.49. The molecule has 0 radical (unpaired) electrons. The van der Waals surface area contributed by atoms with Crippen LogP contribution in [-0.4, -0.2) is 10.8 Å². The van der Waals surface area contributed by atoms with Crippen LogP contribution in [0.1, 0.15) is 33.8 Å². The van der Waals surface area contributed by atoms with Gasteiger partial charge >= 0.3 is 0 Å². The second-order valence-corrected chi connectivity index (χ2v) is 7.44. The Morgan fingerprint density at radius 3 is 2.34 bits per heavy atom. The molecule has 1 N–H and O–H groups in total. The van der Waals surface area contributed by atoms with Gasteiger partial charge in [-0.15, -0.1) is 0 Å². The summed E-state index contributed by atoms with van der Waals surface area (Å²) in [6, 6.07) is 32.8. The Labute approximate surface area is 169 Å². The van der Waals surface area contributed by atoms with Crippen molar-refractivity contribution in [1.29, 1.82) is 0 Å². The predicted molar refractivity (Wildman–Crippen MR) is 119 cm³/mol. The smallest absolute Gasteiger partial charge is 0.163 e. The highest BCUT2D eigenvalue weighted by Crippen LogP contribution is 2.35. The van der Waals surface area contributed by atoms with E-state index in [1.165, 1.54) is 21.7 Å². The van der Waals surface area contributed by atoms with Gasteiger partial charge in [0.05, 0.1) is 0 Å². The monoisotopic (exact) mass is 375 g/mol. The Morgan fingerprint density at radius 2 is 1.48 bits per heavy atom. The molecule has 0 fully saturated rings. The minimum atomic E-state index is -0.0107. The predicted octanol–water partition coefficient (Wildman–Crippen LogP) is 6.73. The zero-order valence-electron chi connectivity index (χ0n) is 16.0. The van der Waals surface area contributed by atoms with Gasteiger partial charge in [-0.2, -0.15) is 0 Å². The van der Waals surface area contributed by atoms with Gasteiger partial charge in [-0.05, 0) is 28.0 Å². The lowest BCUT2D eigenvalue weighted by Crippen LogP contribution is -2.09. The average molecular weight is 375 g/mol. The second kappa shape index (κ2) is 7.40. The molecule has 0 saturated heterocycles. The van der Waals surface area contributed by atoms with E-state index in [1.807, 2.05) is 36.4 Å². The molecule has 1 aromatic heterocycles. The second-order valence-electron chi connectivity index (χ2n) is 7.44. The number of rotatable bonds is 5. The molecule has 0 spiro atoms. The standard InChI is InChI=1S/C27H21NO/c29-27(20-9-2-1-3-10-20)17-24(25-18-28-26-13-7-6-12-23(25)26)22-15-14-19-8-4-5-11-21(19)16-22/h1-16,18,24,28H,17H2/t24-/m1/s1. The summed E-state index contributed by atoms with van der Waals surface area (Å²) < 4.78 is 0. The summed E-state index contributed by atoms with van der Waals surface area (Å²) in [6.45, 7) is 0. The van der Waals surface area contributed by atoms with Crippen molar-refractivity contribution in [3.8, 4) is 0 Å². The Bertz CT molecular complexity index is 1300. The van der Waals surface area contributed by atoms with Crippen molar-refractivity contribution in [3.63, 3.8) is 0 Å². The summed E-state index contributed by atoms with van der Waals surface area (Å²) in [4.78, 5) is 16.5. The molecule has 0 aliphatic heterocycles. The molecule has 29 heavy (non-hydrogen) atoms. The van der Waals surface area contributed by atoms with E-state index < -0.39 is 0 Å². The Kier molecular flexibility index (Phi) is 4.45. The van der Waals surface area contributed by atoms with Crippen molar-refractivity contribution in [2.45, 2.75) is 12.3 Å². The van der Waals surface area contributed by atoms with E-state index in [-0.39, 0.29) is 11.7 Å². The number of H-pyrrole nitrogens is 1. The fourth-order valence-electron chi connectivity index (χ4n) is 4.14. The molecule has 5 aromatic rings. The molecule has 1 heterocycles. The van der Waals surface area contributed by atoms with Crippen molar-refractivity contribution >= 4 is 27.5 Å². The largest absolute Gasteiger partial charge is 0.361 e. The third-order valence-corrected chi connectivity index (χ3v) is 5.66. The molecular formula is C27H21NO. The van der Waals surface area contributed by atoms with Crippen molar-refractivity contribution < 1.29 is 4.79 Å². The molecule has 0 amide bonds. The maximum absolute atomic E-state index is 13.1. The van der Waals surface area contributed by atoms with Crippen LogP contribution in [0.5, 0.6) is 0 Å². The highest BCUT2D eigenvalue weighted by Gasteiger charge is 2.22. The molecule has 0 aliphatic carbocycles. The van der Waals surface area contributed by atoms with E-state index in [9.17, 15) is 4.79 Å². The van der Waals surface area contributed by atoms with Gasteiger partial charge in [0.1, 0.15) is 0 Å². The highest BCUT2D eigenvalue weighted by atomic mass is 16.1. The zero-order chi connectivity index (χ0) is 19.6. The first-order chi connectivity index (χ1) is 14.3. The van der Waals surface area contributed by atoms with Crippen molar-refractivity contribution in [2.75, 3.05) is 0 Å². The van der Waals surface area contributed by atoms with E-state index in [0.29, 0.717) is 6.42 Å². The molecule has 140 valence electrons. The quantitative estimate of drug-likeness (QED) is 0.340. The van der Waals surface area contributed by atoms with Crippen LogP contribution in [0.15, 0.2) is 103 Å². The number of benzene rings is 4. The number of carbonyl (C=O) groups excluding carboxylic acids is 1. The highest BCUT2D eigenvalue weighted by molar-refractivity contribution is 5.97. The van der Waals surface area contributed by atoms with Crippen LogP contribution in [0.2, 0.25) is 0 Å². The first-order valence-electron chi connectivity index (χ1n) is 9.92. The van der Waals surface area contributed by atoms with E-state index >= 15 is 0 Å². The van der Waals surface area contributed by atoms with E-state index in [1.54, 1.807) is 0 Å². The number of carbonyl (C=O) groups is 1. The maximum atomic E-state index is 13.1. The van der Waals surface area contributed by atoms with Gasteiger partial charge in [0.15, 0.2) is 5.78 Å². The van der Waals surface area contributed by atoms with Crippen LogP contribution in [0, 0.1) is 0 Å². The van der Waals surface area contributed by atoms with Crippen molar-refractivity contribution in [1.82, 2.24) is 4.98 Å². The van der Waals surface area contributed by atoms with Crippen LogP contribution in [0.25, 0.3) is 21.7 Å². The topological polar surface area (TPSA) is 32.9 Å². The number of aromatic amines is 1. The number of fused-ring (bicyclic) bond motifs is 2. The summed E-state index contributed by atoms with van der Waals surface area (Å²) in [7, 11) is 0. The third-order valence-electron chi connectivity index (χ3n) is 5.66. The summed E-state index contributed by atoms with van der Waals surface area (Å²) in [5.41, 5.74) is 4.19. The summed E-state index contributed by atoms with van der Waals surface area (Å²) in [5, 5.41) is 3.58. The minimum Gasteiger partial charge on any atom is -0.361 e. The number of nitrogens with one attached hydrogen (secondary N) is 1. The maximum Gasteiger partial charge on any atom is 0.163 e. The summed E-state index contributed by atoms with van der Waals surface area (Å²) in [5.74, 6) is 0.150.